The molecule has 0 heterocycles. The topological polar surface area (TPSA) is 32.3 Å². The highest BCUT2D eigenvalue weighted by molar-refractivity contribution is 5.89. The van der Waals surface area contributed by atoms with Gasteiger partial charge in [0.25, 0.3) is 0 Å². The molecule has 2 amide bonds. The Hall–Kier alpha value is -1.51. The van der Waals surface area contributed by atoms with Gasteiger partial charge in [-0.3, -0.25) is 0 Å². The molecule has 1 aromatic carbocycles. The molecule has 0 aliphatic heterocycles. The molecule has 2 aliphatic rings. The number of carbonyl (C=O) groups excluding carboxylic acids is 1. The lowest BCUT2D eigenvalue weighted by molar-refractivity contribution is 0.114. The van der Waals surface area contributed by atoms with E-state index in [0.717, 1.165) is 5.69 Å². The molecule has 23 heavy (non-hydrogen) atoms. The lowest BCUT2D eigenvalue weighted by Gasteiger charge is -2.41. The van der Waals surface area contributed by atoms with Gasteiger partial charge in [0.15, 0.2) is 0 Å². The van der Waals surface area contributed by atoms with Crippen molar-refractivity contribution >= 4 is 11.7 Å². The first-order valence-electron chi connectivity index (χ1n) is 9.40. The number of urea groups is 1. The molecular weight excluding hydrogens is 284 g/mol. The van der Waals surface area contributed by atoms with Gasteiger partial charge in [0.05, 0.1) is 0 Å². The highest BCUT2D eigenvalue weighted by Crippen LogP contribution is 2.30. The number of hydrogen-bond donors (Lipinski definition) is 1. The van der Waals surface area contributed by atoms with Gasteiger partial charge in [-0.05, 0) is 50.3 Å². The van der Waals surface area contributed by atoms with Crippen LogP contribution < -0.4 is 5.32 Å². The molecule has 1 N–H and O–H groups in total. The van der Waals surface area contributed by atoms with Gasteiger partial charge in [-0.2, -0.15) is 0 Å². The average Bonchev–Trinajstić information content (AvgIpc) is 2.57. The standard InChI is InChI=1S/C20H30N2O/c1-16-9-8-10-17(15-16)21-20(23)22(18-11-4-2-5-12-18)19-13-6-3-7-14-19/h8-10,15,18-19H,2-7,11-14H2,1H3,(H,21,23). The molecule has 2 saturated carbocycles. The van der Waals surface area contributed by atoms with Gasteiger partial charge >= 0.3 is 6.03 Å². The van der Waals surface area contributed by atoms with Crippen molar-refractivity contribution in [2.24, 2.45) is 0 Å². The van der Waals surface area contributed by atoms with Crippen molar-refractivity contribution < 1.29 is 4.79 Å². The van der Waals surface area contributed by atoms with Crippen LogP contribution in [-0.2, 0) is 0 Å². The lowest BCUT2D eigenvalue weighted by Crippen LogP contribution is -2.50. The van der Waals surface area contributed by atoms with Gasteiger partial charge in [0.2, 0.25) is 0 Å². The Labute approximate surface area is 140 Å². The van der Waals surface area contributed by atoms with Crippen LogP contribution in [0.3, 0.4) is 0 Å². The van der Waals surface area contributed by atoms with E-state index < -0.39 is 0 Å². The Morgan fingerprint density at radius 2 is 1.52 bits per heavy atom. The van der Waals surface area contributed by atoms with Crippen LogP contribution in [-0.4, -0.2) is 23.0 Å². The van der Waals surface area contributed by atoms with E-state index in [1.54, 1.807) is 0 Å². The molecule has 3 rings (SSSR count). The molecule has 0 spiro atoms. The van der Waals surface area contributed by atoms with E-state index in [9.17, 15) is 4.79 Å². The highest BCUT2D eigenvalue weighted by atomic mass is 16.2. The van der Waals surface area contributed by atoms with Crippen LogP contribution in [0.2, 0.25) is 0 Å². The molecule has 1 aromatic rings. The van der Waals surface area contributed by atoms with E-state index in [2.05, 4.69) is 29.3 Å². The van der Waals surface area contributed by atoms with Crippen molar-refractivity contribution in [2.75, 3.05) is 5.32 Å². The normalized spacial score (nSPS) is 20.2. The summed E-state index contributed by atoms with van der Waals surface area (Å²) in [6.07, 6.45) is 12.4. The molecule has 0 aromatic heterocycles. The number of nitrogens with one attached hydrogen (secondary N) is 1. The maximum Gasteiger partial charge on any atom is 0.322 e. The summed E-state index contributed by atoms with van der Waals surface area (Å²) in [5, 5.41) is 3.16. The molecule has 3 heteroatoms. The average molecular weight is 314 g/mol. The monoisotopic (exact) mass is 314 g/mol. The number of anilines is 1. The van der Waals surface area contributed by atoms with Crippen LogP contribution in [0.25, 0.3) is 0 Å². The van der Waals surface area contributed by atoms with Gasteiger partial charge in [0, 0.05) is 17.8 Å². The fourth-order valence-corrected chi connectivity index (χ4v) is 4.26. The summed E-state index contributed by atoms with van der Waals surface area (Å²) in [5.41, 5.74) is 2.11. The van der Waals surface area contributed by atoms with Crippen molar-refractivity contribution in [1.82, 2.24) is 4.90 Å². The van der Waals surface area contributed by atoms with E-state index in [-0.39, 0.29) is 6.03 Å². The molecule has 0 atom stereocenters. The first-order chi connectivity index (χ1) is 11.2. The van der Waals surface area contributed by atoms with E-state index in [1.165, 1.54) is 69.8 Å². The molecule has 126 valence electrons. The van der Waals surface area contributed by atoms with E-state index >= 15 is 0 Å². The summed E-state index contributed by atoms with van der Waals surface area (Å²) in [4.78, 5) is 15.3. The Morgan fingerprint density at radius 1 is 0.957 bits per heavy atom. The predicted molar refractivity (Wildman–Crippen MR) is 95.8 cm³/mol. The van der Waals surface area contributed by atoms with Crippen molar-refractivity contribution in [1.29, 1.82) is 0 Å². The molecule has 0 saturated heterocycles. The minimum absolute atomic E-state index is 0.120. The van der Waals surface area contributed by atoms with Crippen LogP contribution in [0.4, 0.5) is 10.5 Å². The third kappa shape index (κ3) is 4.27. The number of hydrogen-bond acceptors (Lipinski definition) is 1. The zero-order chi connectivity index (χ0) is 16.1. The van der Waals surface area contributed by atoms with Crippen molar-refractivity contribution in [3.05, 3.63) is 29.8 Å². The minimum atomic E-state index is 0.120. The Morgan fingerprint density at radius 3 is 2.04 bits per heavy atom. The van der Waals surface area contributed by atoms with Gasteiger partial charge in [-0.1, -0.05) is 50.7 Å². The van der Waals surface area contributed by atoms with Crippen molar-refractivity contribution in [2.45, 2.75) is 83.2 Å². The lowest BCUT2D eigenvalue weighted by atomic mass is 9.89. The largest absolute Gasteiger partial charge is 0.322 e. The highest BCUT2D eigenvalue weighted by Gasteiger charge is 2.32. The smallest absolute Gasteiger partial charge is 0.319 e. The number of amides is 2. The van der Waals surface area contributed by atoms with Crippen LogP contribution in [0, 0.1) is 6.92 Å². The SMILES string of the molecule is Cc1cccc(NC(=O)N(C2CCCCC2)C2CCCCC2)c1. The van der Waals surface area contributed by atoms with Gasteiger partial charge in [0.1, 0.15) is 0 Å². The van der Waals surface area contributed by atoms with Crippen LogP contribution >= 0.6 is 0 Å². The Kier molecular flexibility index (Phi) is 5.58. The van der Waals surface area contributed by atoms with Crippen molar-refractivity contribution in [3.63, 3.8) is 0 Å². The van der Waals surface area contributed by atoms with E-state index in [0.29, 0.717) is 12.1 Å². The maximum absolute atomic E-state index is 13.0. The fraction of sp³-hybridized carbons (Fsp3) is 0.650. The first kappa shape index (κ1) is 16.4. The number of carbonyl (C=O) groups is 1. The molecule has 2 fully saturated rings. The van der Waals surface area contributed by atoms with E-state index in [4.69, 9.17) is 0 Å². The second-order valence-corrected chi connectivity index (χ2v) is 7.29. The summed E-state index contributed by atoms with van der Waals surface area (Å²) in [7, 11) is 0. The molecular formula is C20H30N2O. The van der Waals surface area contributed by atoms with Gasteiger partial charge < -0.3 is 10.2 Å². The number of nitrogens with zero attached hydrogens (tertiary/aromatic N) is 1. The van der Waals surface area contributed by atoms with Gasteiger partial charge in [-0.25, -0.2) is 4.79 Å². The first-order valence-corrected chi connectivity index (χ1v) is 9.40. The fourth-order valence-electron chi connectivity index (χ4n) is 4.26. The zero-order valence-electron chi connectivity index (χ0n) is 14.4. The molecule has 0 unspecified atom stereocenters. The minimum Gasteiger partial charge on any atom is -0.319 e. The Bertz CT molecular complexity index is 498. The number of benzene rings is 1. The molecule has 3 nitrogen and oxygen atoms in total. The summed E-state index contributed by atoms with van der Waals surface area (Å²) >= 11 is 0. The third-order valence-electron chi connectivity index (χ3n) is 5.44. The summed E-state index contributed by atoms with van der Waals surface area (Å²) < 4.78 is 0. The van der Waals surface area contributed by atoms with Crippen molar-refractivity contribution in [3.8, 4) is 0 Å². The molecule has 0 radical (unpaired) electrons. The van der Waals surface area contributed by atoms with Crippen LogP contribution in [0.15, 0.2) is 24.3 Å². The van der Waals surface area contributed by atoms with Gasteiger partial charge in [-0.15, -0.1) is 0 Å². The summed E-state index contributed by atoms with van der Waals surface area (Å²) in [5.74, 6) is 0. The number of rotatable bonds is 3. The Balaban J connectivity index is 1.74. The second-order valence-electron chi connectivity index (χ2n) is 7.29. The summed E-state index contributed by atoms with van der Waals surface area (Å²) in [6, 6.07) is 9.12. The van der Waals surface area contributed by atoms with E-state index in [1.807, 2.05) is 12.1 Å². The van der Waals surface area contributed by atoms with Crippen LogP contribution in [0.5, 0.6) is 0 Å². The molecule has 2 aliphatic carbocycles. The number of aryl methyl sites for hydroxylation is 1. The quantitative estimate of drug-likeness (QED) is 0.785. The second kappa shape index (κ2) is 7.85. The maximum atomic E-state index is 13.0. The zero-order valence-corrected chi connectivity index (χ0v) is 14.4. The van der Waals surface area contributed by atoms with Crippen LogP contribution in [0.1, 0.15) is 69.8 Å². The predicted octanol–water partition coefficient (Wildman–Crippen LogP) is 5.49. The third-order valence-corrected chi connectivity index (χ3v) is 5.44. The molecule has 0 bridgehead atoms. The summed E-state index contributed by atoms with van der Waals surface area (Å²) in [6.45, 7) is 2.07.